The monoisotopic (exact) mass is 278 g/mol. The minimum atomic E-state index is -0.855. The van der Waals surface area contributed by atoms with Crippen molar-refractivity contribution in [2.24, 2.45) is 16.3 Å². The van der Waals surface area contributed by atoms with E-state index in [4.69, 9.17) is 15.7 Å². The van der Waals surface area contributed by atoms with Crippen molar-refractivity contribution in [3.8, 4) is 5.88 Å². The minimum absolute atomic E-state index is 0.0199. The maximum atomic E-state index is 12.2. The van der Waals surface area contributed by atoms with Gasteiger partial charge in [0.15, 0.2) is 5.84 Å². The first-order valence-electron chi connectivity index (χ1n) is 6.37. The van der Waals surface area contributed by atoms with Crippen molar-refractivity contribution in [2.45, 2.75) is 25.8 Å². The third-order valence-corrected chi connectivity index (χ3v) is 3.70. The summed E-state index contributed by atoms with van der Waals surface area (Å²) in [6.07, 6.45) is 3.72. The van der Waals surface area contributed by atoms with Crippen molar-refractivity contribution in [2.75, 3.05) is 7.11 Å². The molecule has 1 aromatic rings. The number of hydrogen-bond donors (Lipinski definition) is 3. The number of pyridine rings is 1. The Bertz CT molecular complexity index is 526. The van der Waals surface area contributed by atoms with E-state index in [1.165, 1.54) is 7.11 Å². The molecule has 7 nitrogen and oxygen atoms in total. The average Bonchev–Trinajstić information content (AvgIpc) is 2.43. The smallest absolute Gasteiger partial charge is 0.234 e. The van der Waals surface area contributed by atoms with Crippen molar-refractivity contribution < 1.29 is 14.7 Å². The Morgan fingerprint density at radius 1 is 1.65 bits per heavy atom. The molecule has 108 valence electrons. The van der Waals surface area contributed by atoms with E-state index in [2.05, 4.69) is 15.5 Å². The highest BCUT2D eigenvalue weighted by atomic mass is 16.5. The van der Waals surface area contributed by atoms with Crippen LogP contribution in [0.15, 0.2) is 23.5 Å². The predicted octanol–water partition coefficient (Wildman–Crippen LogP) is 0.623. The van der Waals surface area contributed by atoms with Gasteiger partial charge in [0, 0.05) is 18.8 Å². The summed E-state index contributed by atoms with van der Waals surface area (Å²) in [5.41, 5.74) is 5.66. The summed E-state index contributed by atoms with van der Waals surface area (Å²) in [5, 5.41) is 14.6. The summed E-state index contributed by atoms with van der Waals surface area (Å²) in [7, 11) is 1.53. The van der Waals surface area contributed by atoms with Crippen LogP contribution in [0.3, 0.4) is 0 Å². The second-order valence-electron chi connectivity index (χ2n) is 4.81. The van der Waals surface area contributed by atoms with Crippen LogP contribution in [0, 0.1) is 5.41 Å². The van der Waals surface area contributed by atoms with Crippen molar-refractivity contribution >= 4 is 11.7 Å². The molecule has 0 atom stereocenters. The Morgan fingerprint density at radius 3 is 2.95 bits per heavy atom. The van der Waals surface area contributed by atoms with E-state index >= 15 is 0 Å². The molecule has 0 aliphatic heterocycles. The minimum Gasteiger partial charge on any atom is -0.481 e. The molecule has 1 saturated carbocycles. The van der Waals surface area contributed by atoms with E-state index < -0.39 is 5.41 Å². The normalized spacial score (nSPS) is 17.1. The number of amidine groups is 1. The number of amides is 1. The Labute approximate surface area is 116 Å². The van der Waals surface area contributed by atoms with E-state index in [1.54, 1.807) is 18.3 Å². The lowest BCUT2D eigenvalue weighted by Crippen LogP contribution is -2.53. The third-order valence-electron chi connectivity index (χ3n) is 3.70. The molecule has 1 aliphatic carbocycles. The number of ether oxygens (including phenoxy) is 1. The molecule has 20 heavy (non-hydrogen) atoms. The molecule has 0 radical (unpaired) electrons. The van der Waals surface area contributed by atoms with E-state index in [-0.39, 0.29) is 11.7 Å². The highest BCUT2D eigenvalue weighted by Gasteiger charge is 2.48. The Balaban J connectivity index is 2.01. The fourth-order valence-electron chi connectivity index (χ4n) is 2.25. The van der Waals surface area contributed by atoms with Crippen LogP contribution in [0.25, 0.3) is 0 Å². The molecule has 1 fully saturated rings. The summed E-state index contributed by atoms with van der Waals surface area (Å²) < 4.78 is 5.02. The summed E-state index contributed by atoms with van der Waals surface area (Å²) in [5.74, 6) is 0.259. The summed E-state index contributed by atoms with van der Waals surface area (Å²) in [6.45, 7) is 0.345. The van der Waals surface area contributed by atoms with E-state index in [0.717, 1.165) is 12.0 Å². The molecule has 2 rings (SSSR count). The van der Waals surface area contributed by atoms with Crippen LogP contribution in [0.2, 0.25) is 0 Å². The largest absolute Gasteiger partial charge is 0.481 e. The second kappa shape index (κ2) is 5.77. The molecule has 4 N–H and O–H groups in total. The Kier molecular flexibility index (Phi) is 4.07. The molecular formula is C13H18N4O3. The SMILES string of the molecule is COc1cc(CNC(=O)C2(/C(N)=N/O)CCC2)ccn1. The first-order chi connectivity index (χ1) is 9.62. The maximum absolute atomic E-state index is 12.2. The van der Waals surface area contributed by atoms with Crippen LogP contribution in [0.4, 0.5) is 0 Å². The van der Waals surface area contributed by atoms with Gasteiger partial charge >= 0.3 is 0 Å². The zero-order valence-electron chi connectivity index (χ0n) is 11.3. The number of nitrogens with one attached hydrogen (secondary N) is 1. The molecule has 1 heterocycles. The number of methoxy groups -OCH3 is 1. The highest BCUT2D eigenvalue weighted by molar-refractivity contribution is 6.07. The third kappa shape index (κ3) is 2.52. The first kappa shape index (κ1) is 14.1. The van der Waals surface area contributed by atoms with Gasteiger partial charge in [-0.3, -0.25) is 4.79 Å². The molecule has 1 aromatic heterocycles. The van der Waals surface area contributed by atoms with Gasteiger partial charge in [0.25, 0.3) is 0 Å². The quantitative estimate of drug-likeness (QED) is 0.316. The standard InChI is InChI=1S/C13H18N4O3/c1-20-10-7-9(3-6-15-10)8-16-12(18)13(4-2-5-13)11(14)17-19/h3,6-7,19H,2,4-5,8H2,1H3,(H2,14,17)(H,16,18). The van der Waals surface area contributed by atoms with Crippen LogP contribution in [0.1, 0.15) is 24.8 Å². The number of hydrogen-bond acceptors (Lipinski definition) is 5. The molecule has 0 aromatic carbocycles. The average molecular weight is 278 g/mol. The van der Waals surface area contributed by atoms with Gasteiger partial charge in [-0.25, -0.2) is 4.98 Å². The van der Waals surface area contributed by atoms with Gasteiger partial charge in [0.2, 0.25) is 11.8 Å². The summed E-state index contributed by atoms with van der Waals surface area (Å²) in [4.78, 5) is 16.2. The van der Waals surface area contributed by atoms with Crippen LogP contribution < -0.4 is 15.8 Å². The zero-order chi connectivity index (χ0) is 14.6. The predicted molar refractivity (Wildman–Crippen MR) is 72.3 cm³/mol. The van der Waals surface area contributed by atoms with Gasteiger partial charge in [-0.1, -0.05) is 11.6 Å². The first-order valence-corrected chi connectivity index (χ1v) is 6.37. The number of nitrogens with two attached hydrogens (primary N) is 1. The van der Waals surface area contributed by atoms with Crippen LogP contribution in [-0.4, -0.2) is 29.0 Å². The van der Waals surface area contributed by atoms with E-state index in [9.17, 15) is 4.79 Å². The second-order valence-corrected chi connectivity index (χ2v) is 4.81. The van der Waals surface area contributed by atoms with Crippen molar-refractivity contribution in [3.05, 3.63) is 23.9 Å². The van der Waals surface area contributed by atoms with Gasteiger partial charge < -0.3 is 21.0 Å². The van der Waals surface area contributed by atoms with Gasteiger partial charge in [-0.05, 0) is 24.5 Å². The van der Waals surface area contributed by atoms with Crippen LogP contribution in [0.5, 0.6) is 5.88 Å². The highest BCUT2D eigenvalue weighted by Crippen LogP contribution is 2.41. The Morgan fingerprint density at radius 2 is 2.40 bits per heavy atom. The Hall–Kier alpha value is -2.31. The lowest BCUT2D eigenvalue weighted by molar-refractivity contribution is -0.131. The van der Waals surface area contributed by atoms with Gasteiger partial charge in [0.1, 0.15) is 5.41 Å². The van der Waals surface area contributed by atoms with E-state index in [1.807, 2.05) is 0 Å². The number of oxime groups is 1. The molecule has 1 amide bonds. The number of rotatable bonds is 5. The van der Waals surface area contributed by atoms with Crippen LogP contribution in [-0.2, 0) is 11.3 Å². The lowest BCUT2D eigenvalue weighted by Gasteiger charge is -2.38. The number of nitrogens with zero attached hydrogens (tertiary/aromatic N) is 2. The number of aromatic nitrogens is 1. The van der Waals surface area contributed by atoms with Crippen molar-refractivity contribution in [1.29, 1.82) is 0 Å². The molecule has 0 saturated heterocycles. The summed E-state index contributed by atoms with van der Waals surface area (Å²) in [6, 6.07) is 3.54. The lowest BCUT2D eigenvalue weighted by atomic mass is 9.67. The maximum Gasteiger partial charge on any atom is 0.234 e. The van der Waals surface area contributed by atoms with Gasteiger partial charge in [-0.2, -0.15) is 0 Å². The summed E-state index contributed by atoms with van der Waals surface area (Å²) >= 11 is 0. The fourth-order valence-corrected chi connectivity index (χ4v) is 2.25. The van der Waals surface area contributed by atoms with E-state index in [0.29, 0.717) is 25.3 Å². The molecule has 0 bridgehead atoms. The molecular weight excluding hydrogens is 260 g/mol. The molecule has 0 spiro atoms. The fraction of sp³-hybridized carbons (Fsp3) is 0.462. The number of carbonyl (C=O) groups excluding carboxylic acids is 1. The molecule has 7 heteroatoms. The number of carbonyl (C=O) groups is 1. The van der Waals surface area contributed by atoms with Gasteiger partial charge in [-0.15, -0.1) is 0 Å². The molecule has 1 aliphatic rings. The topological polar surface area (TPSA) is 110 Å². The zero-order valence-corrected chi connectivity index (χ0v) is 11.3. The van der Waals surface area contributed by atoms with Crippen molar-refractivity contribution in [3.63, 3.8) is 0 Å². The van der Waals surface area contributed by atoms with Gasteiger partial charge in [0.05, 0.1) is 7.11 Å². The van der Waals surface area contributed by atoms with Crippen molar-refractivity contribution in [1.82, 2.24) is 10.3 Å². The van der Waals surface area contributed by atoms with Crippen LogP contribution >= 0.6 is 0 Å². The molecule has 0 unspecified atom stereocenters.